The van der Waals surface area contributed by atoms with Crippen LogP contribution in [0.3, 0.4) is 0 Å². The zero-order valence-electron chi connectivity index (χ0n) is 17.3. The molecule has 2 aromatic carbocycles. The van der Waals surface area contributed by atoms with Crippen molar-refractivity contribution in [1.29, 1.82) is 0 Å². The summed E-state index contributed by atoms with van der Waals surface area (Å²) in [6.45, 7) is 2.14. The molecule has 4 rings (SSSR count). The van der Waals surface area contributed by atoms with E-state index in [2.05, 4.69) is 25.7 Å². The molecule has 7 nitrogen and oxygen atoms in total. The van der Waals surface area contributed by atoms with Crippen LogP contribution in [-0.2, 0) is 21.2 Å². The van der Waals surface area contributed by atoms with Gasteiger partial charge < -0.3 is 5.32 Å². The molecular weight excluding hydrogens is 432 g/mol. The molecule has 1 amide bonds. The fourth-order valence-electron chi connectivity index (χ4n) is 4.10. The molecule has 1 aliphatic rings. The second kappa shape index (κ2) is 9.42. The fourth-order valence-corrected chi connectivity index (χ4v) is 6.06. The predicted octanol–water partition coefficient (Wildman–Crippen LogP) is 3.28. The van der Waals surface area contributed by atoms with Crippen molar-refractivity contribution < 1.29 is 13.2 Å². The maximum atomic E-state index is 13.3. The van der Waals surface area contributed by atoms with Crippen LogP contribution in [0.4, 0.5) is 0 Å². The van der Waals surface area contributed by atoms with Crippen LogP contribution in [0.2, 0.25) is 0 Å². The van der Waals surface area contributed by atoms with Crippen molar-refractivity contribution in [2.75, 3.05) is 0 Å². The van der Waals surface area contributed by atoms with Crippen LogP contribution in [0, 0.1) is 5.92 Å². The van der Waals surface area contributed by atoms with Crippen molar-refractivity contribution in [1.82, 2.24) is 18.8 Å². The number of fused-ring (bicyclic) bond motifs is 1. The first-order valence-corrected chi connectivity index (χ1v) is 12.7. The Bertz CT molecular complexity index is 1150. The van der Waals surface area contributed by atoms with Crippen LogP contribution >= 0.6 is 11.7 Å². The molecule has 0 unspecified atom stereocenters. The van der Waals surface area contributed by atoms with Crippen LogP contribution in [0.1, 0.15) is 38.2 Å². The van der Waals surface area contributed by atoms with Crippen LogP contribution in [0.5, 0.6) is 0 Å². The summed E-state index contributed by atoms with van der Waals surface area (Å²) in [5.41, 5.74) is 1.73. The van der Waals surface area contributed by atoms with Gasteiger partial charge in [-0.25, -0.2) is 8.42 Å². The summed E-state index contributed by atoms with van der Waals surface area (Å²) in [7, 11) is -3.98. The van der Waals surface area contributed by atoms with Crippen molar-refractivity contribution >= 4 is 38.7 Å². The molecule has 2 N–H and O–H groups in total. The number of nitrogens with zero attached hydrogens (tertiary/aromatic N) is 2. The van der Waals surface area contributed by atoms with Gasteiger partial charge in [0.25, 0.3) is 0 Å². The van der Waals surface area contributed by atoms with E-state index in [1.54, 1.807) is 12.1 Å². The molecule has 0 aliphatic heterocycles. The monoisotopic (exact) mass is 458 g/mol. The van der Waals surface area contributed by atoms with Gasteiger partial charge in [-0.05, 0) is 42.9 Å². The molecule has 1 saturated carbocycles. The van der Waals surface area contributed by atoms with Gasteiger partial charge in [-0.1, -0.05) is 56.2 Å². The first-order chi connectivity index (χ1) is 14.9. The predicted molar refractivity (Wildman–Crippen MR) is 121 cm³/mol. The molecule has 1 aromatic heterocycles. The summed E-state index contributed by atoms with van der Waals surface area (Å²) in [6, 6.07) is 13.4. The Hall–Kier alpha value is -2.36. The molecule has 164 valence electrons. The van der Waals surface area contributed by atoms with Gasteiger partial charge in [-0.15, -0.1) is 0 Å². The number of carbonyl (C=O) groups is 1. The summed E-state index contributed by atoms with van der Waals surface area (Å²) in [4.78, 5) is 13.3. The van der Waals surface area contributed by atoms with Crippen molar-refractivity contribution in [3.63, 3.8) is 0 Å². The molecule has 1 fully saturated rings. The molecule has 3 aromatic rings. The van der Waals surface area contributed by atoms with E-state index in [1.165, 1.54) is 12.5 Å². The van der Waals surface area contributed by atoms with Crippen molar-refractivity contribution in [3.05, 3.63) is 54.1 Å². The molecule has 31 heavy (non-hydrogen) atoms. The largest absolute Gasteiger partial charge is 0.352 e. The summed E-state index contributed by atoms with van der Waals surface area (Å²) in [5, 5.41) is 3.10. The summed E-state index contributed by atoms with van der Waals surface area (Å²) < 4.78 is 37.4. The van der Waals surface area contributed by atoms with Crippen molar-refractivity contribution in [3.8, 4) is 0 Å². The van der Waals surface area contributed by atoms with Gasteiger partial charge in [-0.2, -0.15) is 13.5 Å². The van der Waals surface area contributed by atoms with E-state index in [4.69, 9.17) is 0 Å². The number of carbonyl (C=O) groups excluding carboxylic acids is 1. The average molecular weight is 459 g/mol. The highest BCUT2D eigenvalue weighted by atomic mass is 32.2. The van der Waals surface area contributed by atoms with Crippen LogP contribution in [-0.4, -0.2) is 35.2 Å². The maximum Gasteiger partial charge on any atom is 0.243 e. The smallest absolute Gasteiger partial charge is 0.243 e. The SMILES string of the molecule is C[C@@H]1CCCC[C@@H]1NC(=O)[C@@H](Cc1ccccc1)NS(=O)(=O)c1cccc2nsnc12. The van der Waals surface area contributed by atoms with Gasteiger partial charge in [0.15, 0.2) is 0 Å². The van der Waals surface area contributed by atoms with E-state index in [0.717, 1.165) is 36.6 Å². The first kappa shape index (κ1) is 21.9. The summed E-state index contributed by atoms with van der Waals surface area (Å²) >= 11 is 0.963. The second-order valence-corrected chi connectivity index (χ2v) is 10.3. The lowest BCUT2D eigenvalue weighted by molar-refractivity contribution is -0.124. The first-order valence-electron chi connectivity index (χ1n) is 10.5. The number of amides is 1. The number of hydrogen-bond donors (Lipinski definition) is 2. The molecule has 1 aliphatic carbocycles. The highest BCUT2D eigenvalue weighted by molar-refractivity contribution is 7.89. The number of benzene rings is 2. The molecule has 0 saturated heterocycles. The Morgan fingerprint density at radius 2 is 1.87 bits per heavy atom. The van der Waals surface area contributed by atoms with E-state index < -0.39 is 16.1 Å². The van der Waals surface area contributed by atoms with Crippen molar-refractivity contribution in [2.45, 2.75) is 56.0 Å². The topological polar surface area (TPSA) is 101 Å². The Kier molecular flexibility index (Phi) is 6.64. The highest BCUT2D eigenvalue weighted by Crippen LogP contribution is 2.24. The number of hydrogen-bond acceptors (Lipinski definition) is 6. The lowest BCUT2D eigenvalue weighted by Gasteiger charge is -2.31. The van der Waals surface area contributed by atoms with E-state index in [9.17, 15) is 13.2 Å². The van der Waals surface area contributed by atoms with Gasteiger partial charge in [-0.3, -0.25) is 4.79 Å². The van der Waals surface area contributed by atoms with E-state index >= 15 is 0 Å². The maximum absolute atomic E-state index is 13.3. The molecule has 0 bridgehead atoms. The van der Waals surface area contributed by atoms with Crippen LogP contribution < -0.4 is 10.0 Å². The molecule has 0 spiro atoms. The number of aromatic nitrogens is 2. The number of sulfonamides is 1. The van der Waals surface area contributed by atoms with Crippen LogP contribution in [0.15, 0.2) is 53.4 Å². The minimum absolute atomic E-state index is 0.0376. The van der Waals surface area contributed by atoms with Gasteiger partial charge in [0, 0.05) is 6.04 Å². The standard InChI is InChI=1S/C22H26N4O3S2/c1-15-8-5-6-11-17(15)23-22(27)19(14-16-9-3-2-4-10-16)26-31(28,29)20-13-7-12-18-21(20)25-30-24-18/h2-4,7,9-10,12-13,15,17,19,26H,5-6,8,11,14H2,1H3,(H,23,27)/t15-,17+,19-/m1/s1. The van der Waals surface area contributed by atoms with E-state index in [-0.39, 0.29) is 23.3 Å². The lowest BCUT2D eigenvalue weighted by atomic mass is 9.86. The second-order valence-electron chi connectivity index (χ2n) is 8.13. The molecule has 1 heterocycles. The third-order valence-electron chi connectivity index (χ3n) is 5.87. The Labute approximate surface area is 186 Å². The third-order valence-corrected chi connectivity index (χ3v) is 7.92. The van der Waals surface area contributed by atoms with Gasteiger partial charge in [0.1, 0.15) is 22.0 Å². The fraction of sp³-hybridized carbons (Fsp3) is 0.409. The molecule has 9 heteroatoms. The summed E-state index contributed by atoms with van der Waals surface area (Å²) in [6.07, 6.45) is 4.49. The zero-order chi connectivity index (χ0) is 21.8. The minimum Gasteiger partial charge on any atom is -0.352 e. The van der Waals surface area contributed by atoms with Gasteiger partial charge in [0.2, 0.25) is 15.9 Å². The minimum atomic E-state index is -3.98. The number of nitrogens with one attached hydrogen (secondary N) is 2. The van der Waals surface area contributed by atoms with E-state index in [1.807, 2.05) is 30.3 Å². The van der Waals surface area contributed by atoms with E-state index in [0.29, 0.717) is 17.0 Å². The lowest BCUT2D eigenvalue weighted by Crippen LogP contribution is -2.52. The Balaban J connectivity index is 1.60. The van der Waals surface area contributed by atoms with Gasteiger partial charge >= 0.3 is 0 Å². The third kappa shape index (κ3) is 5.11. The normalized spacial score (nSPS) is 20.4. The molecule has 3 atom stereocenters. The van der Waals surface area contributed by atoms with Gasteiger partial charge in [0.05, 0.1) is 11.7 Å². The van der Waals surface area contributed by atoms with Crippen LogP contribution in [0.25, 0.3) is 11.0 Å². The summed E-state index contributed by atoms with van der Waals surface area (Å²) in [5.74, 6) is 0.0799. The zero-order valence-corrected chi connectivity index (χ0v) is 19.0. The van der Waals surface area contributed by atoms with Crippen molar-refractivity contribution in [2.24, 2.45) is 5.92 Å². The highest BCUT2D eigenvalue weighted by Gasteiger charge is 2.31. The molecular formula is C22H26N4O3S2. The average Bonchev–Trinajstić information content (AvgIpc) is 3.24. The Morgan fingerprint density at radius 1 is 1.10 bits per heavy atom. The molecule has 0 radical (unpaired) electrons. The number of rotatable bonds is 7. The quantitative estimate of drug-likeness (QED) is 0.566. The Morgan fingerprint density at radius 3 is 2.65 bits per heavy atom.